The van der Waals surface area contributed by atoms with Crippen LogP contribution in [0.3, 0.4) is 0 Å². The zero-order valence-corrected chi connectivity index (χ0v) is 8.21. The maximum absolute atomic E-state index is 10.8. The van der Waals surface area contributed by atoms with Gasteiger partial charge in [-0.2, -0.15) is 0 Å². The molecule has 0 saturated carbocycles. The zero-order chi connectivity index (χ0) is 9.90. The third-order valence-corrected chi connectivity index (χ3v) is 2.57. The van der Waals surface area contributed by atoms with Gasteiger partial charge in [0.1, 0.15) is 16.1 Å². The van der Waals surface area contributed by atoms with E-state index >= 15 is 0 Å². The highest BCUT2D eigenvalue weighted by Crippen LogP contribution is 2.30. The lowest BCUT2D eigenvalue weighted by molar-refractivity contribution is -0.138. The molecule has 0 aliphatic rings. The number of carboxylic acids is 1. The molecular weight excluding hydrogens is 188 g/mol. The van der Waals surface area contributed by atoms with Crippen molar-refractivity contribution in [1.82, 2.24) is 9.97 Å². The van der Waals surface area contributed by atoms with Crippen LogP contribution < -0.4 is 0 Å². The Hall–Kier alpha value is -1.10. The first-order chi connectivity index (χ1) is 6.02. The van der Waals surface area contributed by atoms with E-state index in [4.69, 9.17) is 5.11 Å². The van der Waals surface area contributed by atoms with Crippen molar-refractivity contribution in [3.8, 4) is 0 Å². The van der Waals surface area contributed by atoms with E-state index < -0.39 is 10.7 Å². The molecule has 1 N–H and O–H groups in total. The smallest absolute Gasteiger partial charge is 0.319 e. The number of carboxylic acid groups (broad SMARTS) is 1. The van der Waals surface area contributed by atoms with Crippen LogP contribution in [0.1, 0.15) is 13.8 Å². The first-order valence-corrected chi connectivity index (χ1v) is 4.52. The van der Waals surface area contributed by atoms with Crippen molar-refractivity contribution in [2.75, 3.05) is 0 Å². The molecule has 5 heteroatoms. The van der Waals surface area contributed by atoms with E-state index in [-0.39, 0.29) is 0 Å². The topological polar surface area (TPSA) is 63.1 Å². The van der Waals surface area contributed by atoms with Crippen LogP contribution in [0, 0.1) is 0 Å². The van der Waals surface area contributed by atoms with Gasteiger partial charge in [-0.25, -0.2) is 9.97 Å². The Bertz CT molecular complexity index is 300. The maximum atomic E-state index is 10.8. The SMILES string of the molecule is CC(C)(Sc1ccncn1)C(=O)O. The Kier molecular flexibility index (Phi) is 2.87. The number of hydrogen-bond donors (Lipinski definition) is 1. The van der Waals surface area contributed by atoms with E-state index in [1.807, 2.05) is 0 Å². The molecule has 0 fully saturated rings. The summed E-state index contributed by atoms with van der Waals surface area (Å²) < 4.78 is -0.853. The highest BCUT2D eigenvalue weighted by molar-refractivity contribution is 8.01. The summed E-state index contributed by atoms with van der Waals surface area (Å²) in [6.07, 6.45) is 2.99. The lowest BCUT2D eigenvalue weighted by atomic mass is 10.2. The van der Waals surface area contributed by atoms with E-state index in [1.54, 1.807) is 26.1 Å². The molecule has 1 aromatic heterocycles. The molecule has 70 valence electrons. The van der Waals surface area contributed by atoms with Crippen molar-refractivity contribution in [3.63, 3.8) is 0 Å². The maximum Gasteiger partial charge on any atom is 0.319 e. The third kappa shape index (κ3) is 2.69. The largest absolute Gasteiger partial charge is 0.480 e. The van der Waals surface area contributed by atoms with Gasteiger partial charge in [-0.15, -0.1) is 0 Å². The number of aromatic nitrogens is 2. The van der Waals surface area contributed by atoms with Crippen molar-refractivity contribution in [3.05, 3.63) is 18.6 Å². The average molecular weight is 198 g/mol. The molecule has 0 radical (unpaired) electrons. The number of hydrogen-bond acceptors (Lipinski definition) is 4. The molecule has 4 nitrogen and oxygen atoms in total. The first-order valence-electron chi connectivity index (χ1n) is 3.71. The van der Waals surface area contributed by atoms with Gasteiger partial charge in [-0.3, -0.25) is 4.79 Å². The van der Waals surface area contributed by atoms with Crippen LogP contribution in [-0.4, -0.2) is 25.8 Å². The van der Waals surface area contributed by atoms with Gasteiger partial charge >= 0.3 is 5.97 Å². The second kappa shape index (κ2) is 3.74. The fourth-order valence-electron chi connectivity index (χ4n) is 0.644. The summed E-state index contributed by atoms with van der Waals surface area (Å²) in [5.41, 5.74) is 0. The number of rotatable bonds is 3. The molecule has 0 unspecified atom stereocenters. The fraction of sp³-hybridized carbons (Fsp3) is 0.375. The minimum absolute atomic E-state index is 0.669. The minimum Gasteiger partial charge on any atom is -0.480 e. The van der Waals surface area contributed by atoms with E-state index in [0.717, 1.165) is 0 Å². The van der Waals surface area contributed by atoms with Gasteiger partial charge in [0.2, 0.25) is 0 Å². The zero-order valence-electron chi connectivity index (χ0n) is 7.39. The molecular formula is C8H10N2O2S. The predicted octanol–water partition coefficient (Wildman–Crippen LogP) is 1.43. The summed E-state index contributed by atoms with van der Waals surface area (Å²) >= 11 is 1.20. The van der Waals surface area contributed by atoms with Crippen molar-refractivity contribution >= 4 is 17.7 Å². The molecule has 1 aromatic rings. The number of thioether (sulfide) groups is 1. The lowest BCUT2D eigenvalue weighted by Gasteiger charge is -2.16. The number of carbonyl (C=O) groups is 1. The van der Waals surface area contributed by atoms with Gasteiger partial charge in [-0.05, 0) is 19.9 Å². The van der Waals surface area contributed by atoms with E-state index in [2.05, 4.69) is 9.97 Å². The Morgan fingerprint density at radius 3 is 2.77 bits per heavy atom. The molecule has 0 aliphatic heterocycles. The van der Waals surface area contributed by atoms with Gasteiger partial charge in [0.05, 0.1) is 0 Å². The summed E-state index contributed by atoms with van der Waals surface area (Å²) in [5.74, 6) is -0.851. The monoisotopic (exact) mass is 198 g/mol. The molecule has 13 heavy (non-hydrogen) atoms. The molecule has 0 aliphatic carbocycles. The van der Waals surface area contributed by atoms with Gasteiger partial charge < -0.3 is 5.11 Å². The van der Waals surface area contributed by atoms with Crippen LogP contribution in [0.25, 0.3) is 0 Å². The van der Waals surface area contributed by atoms with Crippen molar-refractivity contribution in [2.45, 2.75) is 23.6 Å². The quantitative estimate of drug-likeness (QED) is 0.588. The average Bonchev–Trinajstić information content (AvgIpc) is 2.05. The fourth-order valence-corrected chi connectivity index (χ4v) is 1.48. The predicted molar refractivity (Wildman–Crippen MR) is 49.6 cm³/mol. The highest BCUT2D eigenvalue weighted by atomic mass is 32.2. The molecule has 0 aromatic carbocycles. The summed E-state index contributed by atoms with van der Waals surface area (Å²) in [4.78, 5) is 18.4. The van der Waals surface area contributed by atoms with E-state index in [9.17, 15) is 4.79 Å². The van der Waals surface area contributed by atoms with Gasteiger partial charge in [0.25, 0.3) is 0 Å². The Morgan fingerprint density at radius 1 is 1.62 bits per heavy atom. The standard InChI is InChI=1S/C8H10N2O2S/c1-8(2,7(11)12)13-6-3-4-9-5-10-6/h3-5H,1-2H3,(H,11,12). The second-order valence-electron chi connectivity index (χ2n) is 2.97. The summed E-state index contributed by atoms with van der Waals surface area (Å²) in [7, 11) is 0. The van der Waals surface area contributed by atoms with Crippen LogP contribution in [-0.2, 0) is 4.79 Å². The molecule has 1 rings (SSSR count). The highest BCUT2D eigenvalue weighted by Gasteiger charge is 2.28. The summed E-state index contributed by atoms with van der Waals surface area (Å²) in [6, 6.07) is 1.69. The summed E-state index contributed by atoms with van der Waals surface area (Å²) in [6.45, 7) is 3.28. The molecule has 0 bridgehead atoms. The summed E-state index contributed by atoms with van der Waals surface area (Å²) in [5, 5.41) is 9.51. The van der Waals surface area contributed by atoms with Crippen molar-refractivity contribution in [1.29, 1.82) is 0 Å². The molecule has 0 spiro atoms. The molecule has 0 atom stereocenters. The third-order valence-electron chi connectivity index (χ3n) is 1.43. The number of nitrogens with zero attached hydrogens (tertiary/aromatic N) is 2. The van der Waals surface area contributed by atoms with Gasteiger partial charge in [-0.1, -0.05) is 11.8 Å². The molecule has 1 heterocycles. The Labute approximate surface area is 80.4 Å². The van der Waals surface area contributed by atoms with Crippen molar-refractivity contribution < 1.29 is 9.90 Å². The van der Waals surface area contributed by atoms with E-state index in [1.165, 1.54) is 18.1 Å². The first kappa shape index (κ1) is 9.98. The van der Waals surface area contributed by atoms with Crippen LogP contribution in [0.15, 0.2) is 23.6 Å². The lowest BCUT2D eigenvalue weighted by Crippen LogP contribution is -2.27. The Morgan fingerprint density at radius 2 is 2.31 bits per heavy atom. The molecule has 0 amide bonds. The molecule has 0 saturated heterocycles. The normalized spacial score (nSPS) is 11.2. The van der Waals surface area contributed by atoms with Crippen LogP contribution in [0.2, 0.25) is 0 Å². The van der Waals surface area contributed by atoms with Crippen LogP contribution in [0.5, 0.6) is 0 Å². The van der Waals surface area contributed by atoms with Crippen LogP contribution >= 0.6 is 11.8 Å². The van der Waals surface area contributed by atoms with E-state index in [0.29, 0.717) is 5.03 Å². The van der Waals surface area contributed by atoms with Crippen LogP contribution in [0.4, 0.5) is 0 Å². The van der Waals surface area contributed by atoms with Gasteiger partial charge in [0, 0.05) is 6.20 Å². The Balaban J connectivity index is 2.75. The number of aliphatic carboxylic acids is 1. The van der Waals surface area contributed by atoms with Crippen molar-refractivity contribution in [2.24, 2.45) is 0 Å². The van der Waals surface area contributed by atoms with Gasteiger partial charge in [0.15, 0.2) is 0 Å². The second-order valence-corrected chi connectivity index (χ2v) is 4.61. The minimum atomic E-state index is -0.853.